The second kappa shape index (κ2) is 6.58. The quantitative estimate of drug-likeness (QED) is 0.844. The van der Waals surface area contributed by atoms with Crippen molar-refractivity contribution >= 4 is 5.97 Å². The largest absolute Gasteiger partial charge is 0.481 e. The first-order chi connectivity index (χ1) is 8.75. The summed E-state index contributed by atoms with van der Waals surface area (Å²) in [6.45, 7) is 0. The van der Waals surface area contributed by atoms with Crippen LogP contribution in [0.25, 0.3) is 0 Å². The van der Waals surface area contributed by atoms with Gasteiger partial charge >= 0.3 is 5.97 Å². The molecule has 1 N–H and O–H groups in total. The van der Waals surface area contributed by atoms with Gasteiger partial charge in [0, 0.05) is 6.42 Å². The Morgan fingerprint density at radius 1 is 1.11 bits per heavy atom. The van der Waals surface area contributed by atoms with E-state index >= 15 is 0 Å². The number of hydrogen-bond acceptors (Lipinski definition) is 1. The Labute approximate surface area is 109 Å². The molecule has 1 aliphatic carbocycles. The summed E-state index contributed by atoms with van der Waals surface area (Å²) in [7, 11) is 0. The maximum atomic E-state index is 10.5. The SMILES string of the molecule is O=C(O)CCC[C@H]1CC[C@H](c2ccccc2)CC1. The lowest BCUT2D eigenvalue weighted by Gasteiger charge is -2.28. The zero-order valence-electron chi connectivity index (χ0n) is 10.8. The average molecular weight is 246 g/mol. The van der Waals surface area contributed by atoms with E-state index in [0.29, 0.717) is 6.42 Å². The summed E-state index contributed by atoms with van der Waals surface area (Å²) in [4.78, 5) is 10.5. The van der Waals surface area contributed by atoms with Crippen molar-refractivity contribution in [1.29, 1.82) is 0 Å². The molecule has 0 atom stereocenters. The Balaban J connectivity index is 1.73. The predicted molar refractivity (Wildman–Crippen MR) is 72.6 cm³/mol. The summed E-state index contributed by atoms with van der Waals surface area (Å²) in [5, 5.41) is 8.63. The molecule has 1 aromatic rings. The van der Waals surface area contributed by atoms with E-state index in [0.717, 1.165) is 24.7 Å². The molecule has 2 heteroatoms. The highest BCUT2D eigenvalue weighted by Gasteiger charge is 2.21. The molecule has 98 valence electrons. The molecule has 0 aromatic heterocycles. The Kier molecular flexibility index (Phi) is 4.80. The van der Waals surface area contributed by atoms with Crippen LogP contribution in [0.3, 0.4) is 0 Å². The fraction of sp³-hybridized carbons (Fsp3) is 0.562. The van der Waals surface area contributed by atoms with E-state index in [1.165, 1.54) is 31.2 Å². The number of benzene rings is 1. The van der Waals surface area contributed by atoms with Crippen molar-refractivity contribution in [1.82, 2.24) is 0 Å². The van der Waals surface area contributed by atoms with Crippen molar-refractivity contribution < 1.29 is 9.90 Å². The van der Waals surface area contributed by atoms with E-state index in [2.05, 4.69) is 30.3 Å². The van der Waals surface area contributed by atoms with Crippen LogP contribution in [0.4, 0.5) is 0 Å². The molecule has 18 heavy (non-hydrogen) atoms. The smallest absolute Gasteiger partial charge is 0.303 e. The van der Waals surface area contributed by atoms with Gasteiger partial charge in [-0.2, -0.15) is 0 Å². The molecule has 0 radical (unpaired) electrons. The van der Waals surface area contributed by atoms with Crippen LogP contribution in [0.5, 0.6) is 0 Å². The van der Waals surface area contributed by atoms with Crippen molar-refractivity contribution in [3.8, 4) is 0 Å². The molecule has 1 saturated carbocycles. The molecule has 2 rings (SSSR count). The molecule has 0 saturated heterocycles. The molecule has 0 unspecified atom stereocenters. The summed E-state index contributed by atoms with van der Waals surface area (Å²) in [6.07, 6.45) is 7.32. The highest BCUT2D eigenvalue weighted by molar-refractivity contribution is 5.66. The van der Waals surface area contributed by atoms with Crippen molar-refractivity contribution in [2.45, 2.75) is 50.9 Å². The molecule has 0 amide bonds. The summed E-state index contributed by atoms with van der Waals surface area (Å²) >= 11 is 0. The van der Waals surface area contributed by atoms with E-state index in [9.17, 15) is 4.79 Å². The lowest BCUT2D eigenvalue weighted by Crippen LogP contribution is -2.13. The summed E-state index contributed by atoms with van der Waals surface area (Å²) in [5.41, 5.74) is 1.47. The number of aliphatic carboxylic acids is 1. The van der Waals surface area contributed by atoms with E-state index in [4.69, 9.17) is 5.11 Å². The molecule has 0 heterocycles. The number of hydrogen-bond donors (Lipinski definition) is 1. The van der Waals surface area contributed by atoms with E-state index < -0.39 is 5.97 Å². The van der Waals surface area contributed by atoms with Gasteiger partial charge in [0.15, 0.2) is 0 Å². The van der Waals surface area contributed by atoms with Crippen LogP contribution >= 0.6 is 0 Å². The van der Waals surface area contributed by atoms with Crippen LogP contribution in [0, 0.1) is 5.92 Å². The predicted octanol–water partition coefficient (Wildman–Crippen LogP) is 4.22. The minimum absolute atomic E-state index is 0.332. The monoisotopic (exact) mass is 246 g/mol. The number of carboxylic acids is 1. The maximum absolute atomic E-state index is 10.5. The Bertz CT molecular complexity index is 364. The Hall–Kier alpha value is -1.31. The van der Waals surface area contributed by atoms with Gasteiger partial charge in [-0.05, 0) is 55.9 Å². The van der Waals surface area contributed by atoms with Gasteiger partial charge in [0.25, 0.3) is 0 Å². The molecular formula is C16H22O2. The zero-order chi connectivity index (χ0) is 12.8. The fourth-order valence-corrected chi connectivity index (χ4v) is 3.05. The van der Waals surface area contributed by atoms with E-state index in [1.54, 1.807) is 0 Å². The standard InChI is InChI=1S/C16H22O2/c17-16(18)8-4-5-13-9-11-15(12-10-13)14-6-2-1-3-7-14/h1-3,6-7,13,15H,4-5,8-12H2,(H,17,18)/t13-,15-. The van der Waals surface area contributed by atoms with Gasteiger partial charge in [0.1, 0.15) is 0 Å². The minimum atomic E-state index is -0.659. The van der Waals surface area contributed by atoms with Crippen LogP contribution < -0.4 is 0 Å². The van der Waals surface area contributed by atoms with Crippen molar-refractivity contribution in [3.05, 3.63) is 35.9 Å². The number of carbonyl (C=O) groups is 1. The molecule has 0 spiro atoms. The summed E-state index contributed by atoms with van der Waals surface area (Å²) in [6, 6.07) is 10.8. The second-order valence-corrected chi connectivity index (χ2v) is 5.41. The highest BCUT2D eigenvalue weighted by Crippen LogP contribution is 2.37. The van der Waals surface area contributed by atoms with Gasteiger partial charge < -0.3 is 5.11 Å². The first-order valence-corrected chi connectivity index (χ1v) is 7.02. The van der Waals surface area contributed by atoms with Gasteiger partial charge in [0.2, 0.25) is 0 Å². The van der Waals surface area contributed by atoms with Crippen LogP contribution in [0.1, 0.15) is 56.4 Å². The molecule has 0 aliphatic heterocycles. The third-order valence-electron chi connectivity index (χ3n) is 4.12. The fourth-order valence-electron chi connectivity index (χ4n) is 3.05. The lowest BCUT2D eigenvalue weighted by atomic mass is 9.77. The third-order valence-corrected chi connectivity index (χ3v) is 4.12. The molecule has 1 fully saturated rings. The summed E-state index contributed by atoms with van der Waals surface area (Å²) < 4.78 is 0. The van der Waals surface area contributed by atoms with Crippen molar-refractivity contribution in [2.75, 3.05) is 0 Å². The molecular weight excluding hydrogens is 224 g/mol. The van der Waals surface area contributed by atoms with E-state index in [1.807, 2.05) is 0 Å². The maximum Gasteiger partial charge on any atom is 0.303 e. The average Bonchev–Trinajstić information content (AvgIpc) is 2.40. The normalized spacial score (nSPS) is 23.8. The molecule has 2 nitrogen and oxygen atoms in total. The molecule has 1 aromatic carbocycles. The first-order valence-electron chi connectivity index (χ1n) is 7.02. The Morgan fingerprint density at radius 3 is 2.39 bits per heavy atom. The lowest BCUT2D eigenvalue weighted by molar-refractivity contribution is -0.137. The van der Waals surface area contributed by atoms with Gasteiger partial charge in [-0.1, -0.05) is 30.3 Å². The van der Waals surface area contributed by atoms with Crippen LogP contribution in [-0.4, -0.2) is 11.1 Å². The second-order valence-electron chi connectivity index (χ2n) is 5.41. The zero-order valence-corrected chi connectivity index (χ0v) is 10.8. The van der Waals surface area contributed by atoms with Gasteiger partial charge in [-0.25, -0.2) is 0 Å². The summed E-state index contributed by atoms with van der Waals surface area (Å²) in [5.74, 6) is 0.819. The van der Waals surface area contributed by atoms with Crippen LogP contribution in [0.15, 0.2) is 30.3 Å². The number of carboxylic acid groups (broad SMARTS) is 1. The van der Waals surface area contributed by atoms with Gasteiger partial charge in [0.05, 0.1) is 0 Å². The number of rotatable bonds is 5. The third kappa shape index (κ3) is 3.86. The van der Waals surface area contributed by atoms with Gasteiger partial charge in [-0.3, -0.25) is 4.79 Å². The van der Waals surface area contributed by atoms with Crippen LogP contribution in [-0.2, 0) is 4.79 Å². The van der Waals surface area contributed by atoms with Crippen LogP contribution in [0.2, 0.25) is 0 Å². The molecule has 1 aliphatic rings. The first kappa shape index (κ1) is 13.1. The van der Waals surface area contributed by atoms with Crippen molar-refractivity contribution in [3.63, 3.8) is 0 Å². The highest BCUT2D eigenvalue weighted by atomic mass is 16.4. The van der Waals surface area contributed by atoms with E-state index in [-0.39, 0.29) is 0 Å². The molecule has 0 bridgehead atoms. The van der Waals surface area contributed by atoms with Crippen molar-refractivity contribution in [2.24, 2.45) is 5.92 Å². The van der Waals surface area contributed by atoms with Gasteiger partial charge in [-0.15, -0.1) is 0 Å². The Morgan fingerprint density at radius 2 is 1.78 bits per heavy atom. The topological polar surface area (TPSA) is 37.3 Å². The minimum Gasteiger partial charge on any atom is -0.481 e.